The molecule has 130 valence electrons. The molecule has 1 amide bonds. The first-order valence-electron chi connectivity index (χ1n) is 6.96. The topological polar surface area (TPSA) is 67.8 Å². The molecule has 1 aromatic carbocycles. The van der Waals surface area contributed by atoms with Crippen LogP contribution in [0, 0.1) is 0 Å². The van der Waals surface area contributed by atoms with E-state index < -0.39 is 24.1 Å². The van der Waals surface area contributed by atoms with Crippen molar-refractivity contribution in [2.75, 3.05) is 6.61 Å². The minimum atomic E-state index is -4.76. The molecule has 0 aliphatic heterocycles. The molecule has 5 nitrogen and oxygen atoms in total. The lowest BCUT2D eigenvalue weighted by Gasteiger charge is -2.23. The van der Waals surface area contributed by atoms with E-state index in [1.54, 1.807) is 20.8 Å². The van der Waals surface area contributed by atoms with Crippen LogP contribution >= 0.6 is 0 Å². The van der Waals surface area contributed by atoms with E-state index >= 15 is 0 Å². The molecular formula is C15H20F3NO4. The number of ether oxygens (including phenoxy) is 2. The second kappa shape index (κ2) is 7.54. The van der Waals surface area contributed by atoms with Crippen molar-refractivity contribution in [3.63, 3.8) is 0 Å². The van der Waals surface area contributed by atoms with Crippen molar-refractivity contribution >= 4 is 6.09 Å². The van der Waals surface area contributed by atoms with E-state index in [0.29, 0.717) is 5.56 Å². The van der Waals surface area contributed by atoms with Gasteiger partial charge in [-0.25, -0.2) is 4.79 Å². The van der Waals surface area contributed by atoms with Crippen LogP contribution in [-0.4, -0.2) is 29.8 Å². The Morgan fingerprint density at radius 2 is 1.78 bits per heavy atom. The van der Waals surface area contributed by atoms with E-state index in [0.717, 1.165) is 12.1 Å². The number of aliphatic hydroxyl groups is 1. The number of carbonyl (C=O) groups excluding carboxylic acids is 1. The zero-order valence-corrected chi connectivity index (χ0v) is 13.1. The van der Waals surface area contributed by atoms with Gasteiger partial charge in [0.05, 0.1) is 6.04 Å². The highest BCUT2D eigenvalue weighted by Gasteiger charge is 2.31. The second-order valence-electron chi connectivity index (χ2n) is 5.83. The third kappa shape index (κ3) is 7.73. The predicted octanol–water partition coefficient (Wildman–Crippen LogP) is 3.53. The maximum Gasteiger partial charge on any atom is 0.573 e. The zero-order chi connectivity index (χ0) is 17.7. The number of amides is 1. The van der Waals surface area contributed by atoms with Gasteiger partial charge in [-0.3, -0.25) is 0 Å². The number of hydrogen-bond acceptors (Lipinski definition) is 4. The zero-order valence-electron chi connectivity index (χ0n) is 13.1. The molecule has 2 N–H and O–H groups in total. The summed E-state index contributed by atoms with van der Waals surface area (Å²) >= 11 is 0. The van der Waals surface area contributed by atoms with Crippen molar-refractivity contribution in [1.82, 2.24) is 5.32 Å². The maximum atomic E-state index is 12.1. The number of aliphatic hydroxyl groups excluding tert-OH is 1. The SMILES string of the molecule is CC(C)(C)OC(=O)NC(CCO)c1ccc(OC(F)(F)F)cc1. The number of carbonyl (C=O) groups is 1. The highest BCUT2D eigenvalue weighted by atomic mass is 19.4. The van der Waals surface area contributed by atoms with Crippen molar-refractivity contribution in [2.24, 2.45) is 0 Å². The van der Waals surface area contributed by atoms with Crippen LogP contribution in [0.1, 0.15) is 38.8 Å². The van der Waals surface area contributed by atoms with Gasteiger partial charge in [0.25, 0.3) is 0 Å². The molecule has 0 spiro atoms. The molecule has 1 rings (SSSR count). The molecule has 0 saturated heterocycles. The highest BCUT2D eigenvalue weighted by Crippen LogP contribution is 2.25. The summed E-state index contributed by atoms with van der Waals surface area (Å²) in [5, 5.41) is 11.7. The Morgan fingerprint density at radius 1 is 1.22 bits per heavy atom. The molecule has 0 fully saturated rings. The maximum absolute atomic E-state index is 12.1. The van der Waals surface area contributed by atoms with Gasteiger partial charge in [0.1, 0.15) is 11.4 Å². The van der Waals surface area contributed by atoms with Gasteiger partial charge >= 0.3 is 12.5 Å². The van der Waals surface area contributed by atoms with Crippen LogP contribution in [0.25, 0.3) is 0 Å². The lowest BCUT2D eigenvalue weighted by molar-refractivity contribution is -0.274. The van der Waals surface area contributed by atoms with Crippen molar-refractivity contribution < 1.29 is 32.5 Å². The number of benzene rings is 1. The van der Waals surface area contributed by atoms with Crippen LogP contribution in [0.3, 0.4) is 0 Å². The average Bonchev–Trinajstić information content (AvgIpc) is 2.35. The Bertz CT molecular complexity index is 509. The molecule has 1 atom stereocenters. The van der Waals surface area contributed by atoms with E-state index in [1.165, 1.54) is 12.1 Å². The molecule has 0 aliphatic carbocycles. The lowest BCUT2D eigenvalue weighted by Crippen LogP contribution is -2.35. The van der Waals surface area contributed by atoms with E-state index in [-0.39, 0.29) is 18.8 Å². The fraction of sp³-hybridized carbons (Fsp3) is 0.533. The predicted molar refractivity (Wildman–Crippen MR) is 76.9 cm³/mol. The molecular weight excluding hydrogens is 315 g/mol. The van der Waals surface area contributed by atoms with Gasteiger partial charge in [-0.1, -0.05) is 12.1 Å². The van der Waals surface area contributed by atoms with Gasteiger partial charge in [0, 0.05) is 6.61 Å². The quantitative estimate of drug-likeness (QED) is 0.864. The smallest absolute Gasteiger partial charge is 0.444 e. The van der Waals surface area contributed by atoms with Crippen molar-refractivity contribution in [3.05, 3.63) is 29.8 Å². The first kappa shape index (κ1) is 19.1. The van der Waals surface area contributed by atoms with Gasteiger partial charge in [0.2, 0.25) is 0 Å². The monoisotopic (exact) mass is 335 g/mol. The number of hydrogen-bond donors (Lipinski definition) is 2. The molecule has 0 bridgehead atoms. The molecule has 0 aromatic heterocycles. The fourth-order valence-corrected chi connectivity index (χ4v) is 1.80. The van der Waals surface area contributed by atoms with Crippen LogP contribution < -0.4 is 10.1 Å². The van der Waals surface area contributed by atoms with E-state index in [9.17, 15) is 18.0 Å². The number of alkyl halides is 3. The van der Waals surface area contributed by atoms with E-state index in [2.05, 4.69) is 10.1 Å². The Balaban J connectivity index is 2.79. The number of alkyl carbamates (subject to hydrolysis) is 1. The Hall–Kier alpha value is -1.96. The van der Waals surface area contributed by atoms with E-state index in [4.69, 9.17) is 9.84 Å². The average molecular weight is 335 g/mol. The largest absolute Gasteiger partial charge is 0.573 e. The molecule has 0 radical (unpaired) electrons. The Kier molecular flexibility index (Phi) is 6.26. The van der Waals surface area contributed by atoms with Crippen LogP contribution in [0.15, 0.2) is 24.3 Å². The molecule has 1 unspecified atom stereocenters. The molecule has 8 heteroatoms. The van der Waals surface area contributed by atoms with Gasteiger partial charge in [-0.15, -0.1) is 13.2 Å². The summed E-state index contributed by atoms with van der Waals surface area (Å²) < 4.78 is 45.3. The van der Waals surface area contributed by atoms with Crippen molar-refractivity contribution in [3.8, 4) is 5.75 Å². The number of rotatable bonds is 5. The summed E-state index contributed by atoms with van der Waals surface area (Å²) in [6.45, 7) is 4.91. The summed E-state index contributed by atoms with van der Waals surface area (Å²) in [5.74, 6) is -0.360. The highest BCUT2D eigenvalue weighted by molar-refractivity contribution is 5.68. The Morgan fingerprint density at radius 3 is 2.22 bits per heavy atom. The summed E-state index contributed by atoms with van der Waals surface area (Å²) in [6.07, 6.45) is -5.24. The molecule has 0 saturated carbocycles. The number of halogens is 3. The normalized spacial score (nSPS) is 13.3. The minimum absolute atomic E-state index is 0.193. The first-order chi connectivity index (χ1) is 10.5. The van der Waals surface area contributed by atoms with E-state index in [1.807, 2.05) is 0 Å². The standard InChI is InChI=1S/C15H20F3NO4/c1-14(2,3)23-13(21)19-12(8-9-20)10-4-6-11(7-5-10)22-15(16,17)18/h4-7,12,20H,8-9H2,1-3H3,(H,19,21). The lowest BCUT2D eigenvalue weighted by atomic mass is 10.0. The van der Waals surface area contributed by atoms with Crippen LogP contribution in [0.2, 0.25) is 0 Å². The van der Waals surface area contributed by atoms with Crippen LogP contribution in [-0.2, 0) is 4.74 Å². The summed E-state index contributed by atoms with van der Waals surface area (Å²) in [5.41, 5.74) is -0.155. The minimum Gasteiger partial charge on any atom is -0.444 e. The third-order valence-electron chi connectivity index (χ3n) is 2.62. The van der Waals surface area contributed by atoms with Crippen molar-refractivity contribution in [1.29, 1.82) is 0 Å². The van der Waals surface area contributed by atoms with Gasteiger partial charge in [-0.2, -0.15) is 0 Å². The van der Waals surface area contributed by atoms with Crippen molar-refractivity contribution in [2.45, 2.75) is 45.2 Å². The molecule has 1 aromatic rings. The van der Waals surface area contributed by atoms with Gasteiger partial charge in [0.15, 0.2) is 0 Å². The fourth-order valence-electron chi connectivity index (χ4n) is 1.80. The van der Waals surface area contributed by atoms with Gasteiger partial charge in [-0.05, 0) is 44.9 Å². The van der Waals surface area contributed by atoms with Crippen LogP contribution in [0.5, 0.6) is 5.75 Å². The van der Waals surface area contributed by atoms with Crippen LogP contribution in [0.4, 0.5) is 18.0 Å². The molecule has 0 heterocycles. The Labute approximate surface area is 132 Å². The summed E-state index contributed by atoms with van der Waals surface area (Å²) in [4.78, 5) is 11.8. The first-order valence-corrected chi connectivity index (χ1v) is 6.96. The number of nitrogens with one attached hydrogen (secondary N) is 1. The summed E-state index contributed by atoms with van der Waals surface area (Å²) in [7, 11) is 0. The second-order valence-corrected chi connectivity index (χ2v) is 5.83. The molecule has 23 heavy (non-hydrogen) atoms. The molecule has 0 aliphatic rings. The third-order valence-corrected chi connectivity index (χ3v) is 2.62. The van der Waals surface area contributed by atoms with Gasteiger partial charge < -0.3 is 19.9 Å². The summed E-state index contributed by atoms with van der Waals surface area (Å²) in [6, 6.07) is 4.47.